The lowest BCUT2D eigenvalue weighted by atomic mass is 10.1. The number of amides is 1. The summed E-state index contributed by atoms with van der Waals surface area (Å²) >= 11 is 17.8. The number of nitrogens with zero attached hydrogens (tertiary/aromatic N) is 2. The van der Waals surface area contributed by atoms with E-state index in [0.29, 0.717) is 16.3 Å². The van der Waals surface area contributed by atoms with Gasteiger partial charge in [-0.2, -0.15) is 0 Å². The van der Waals surface area contributed by atoms with Crippen LogP contribution in [-0.4, -0.2) is 24.0 Å². The first-order valence-corrected chi connectivity index (χ1v) is 8.85. The Kier molecular flexibility index (Phi) is 5.49. The van der Waals surface area contributed by atoms with Crippen molar-refractivity contribution in [2.75, 3.05) is 23.3 Å². The standard InChI is InChI=1S/C17H16Cl3N3O/c18-12-4-5-15(23-6-2-1-3-7-23)14(9-12)22-17(24)11-8-13(19)16(20)21-10-11/h4-5,8-10H,1-3,6-7H2,(H,22,24). The molecular formula is C17H16Cl3N3O. The van der Waals surface area contributed by atoms with Crippen LogP contribution >= 0.6 is 34.8 Å². The van der Waals surface area contributed by atoms with Crippen molar-refractivity contribution < 1.29 is 4.79 Å². The Labute approximate surface area is 155 Å². The van der Waals surface area contributed by atoms with Crippen LogP contribution in [0, 0.1) is 0 Å². The number of piperidine rings is 1. The van der Waals surface area contributed by atoms with Crippen LogP contribution in [-0.2, 0) is 0 Å². The third kappa shape index (κ3) is 3.94. The van der Waals surface area contributed by atoms with Crippen LogP contribution in [0.15, 0.2) is 30.5 Å². The van der Waals surface area contributed by atoms with Crippen molar-refractivity contribution in [3.05, 3.63) is 51.2 Å². The van der Waals surface area contributed by atoms with Gasteiger partial charge in [-0.25, -0.2) is 4.98 Å². The molecular weight excluding hydrogens is 369 g/mol. The second-order valence-corrected chi connectivity index (χ2v) is 6.86. The summed E-state index contributed by atoms with van der Waals surface area (Å²) in [5.41, 5.74) is 2.00. The van der Waals surface area contributed by atoms with Crippen molar-refractivity contribution >= 4 is 52.1 Å². The molecule has 2 heterocycles. The first-order valence-electron chi connectivity index (χ1n) is 7.71. The summed E-state index contributed by atoms with van der Waals surface area (Å²) in [4.78, 5) is 18.7. The van der Waals surface area contributed by atoms with Gasteiger partial charge in [0.05, 0.1) is 22.0 Å². The van der Waals surface area contributed by atoms with Gasteiger partial charge in [0.2, 0.25) is 0 Å². The number of hydrogen-bond acceptors (Lipinski definition) is 3. The molecule has 1 amide bonds. The van der Waals surface area contributed by atoms with Gasteiger partial charge in [0.15, 0.2) is 0 Å². The van der Waals surface area contributed by atoms with Crippen LogP contribution in [0.1, 0.15) is 29.6 Å². The van der Waals surface area contributed by atoms with Crippen molar-refractivity contribution in [1.29, 1.82) is 0 Å². The van der Waals surface area contributed by atoms with Gasteiger partial charge in [-0.3, -0.25) is 4.79 Å². The van der Waals surface area contributed by atoms with E-state index >= 15 is 0 Å². The number of benzene rings is 1. The van der Waals surface area contributed by atoms with E-state index in [0.717, 1.165) is 31.6 Å². The predicted molar refractivity (Wildman–Crippen MR) is 99.7 cm³/mol. The SMILES string of the molecule is O=C(Nc1cc(Cl)ccc1N1CCCCC1)c1cnc(Cl)c(Cl)c1. The summed E-state index contributed by atoms with van der Waals surface area (Å²) in [6, 6.07) is 7.03. The molecule has 1 aliphatic rings. The van der Waals surface area contributed by atoms with E-state index in [9.17, 15) is 4.79 Å². The normalized spacial score (nSPS) is 14.5. The van der Waals surface area contributed by atoms with E-state index in [1.54, 1.807) is 6.07 Å². The Morgan fingerprint density at radius 3 is 2.54 bits per heavy atom. The molecule has 0 spiro atoms. The maximum Gasteiger partial charge on any atom is 0.257 e. The zero-order chi connectivity index (χ0) is 17.1. The third-order valence-corrected chi connectivity index (χ3v) is 4.88. The lowest BCUT2D eigenvalue weighted by Crippen LogP contribution is -2.30. The van der Waals surface area contributed by atoms with Gasteiger partial charge < -0.3 is 10.2 Å². The zero-order valence-corrected chi connectivity index (χ0v) is 15.1. The van der Waals surface area contributed by atoms with Crippen LogP contribution in [0.4, 0.5) is 11.4 Å². The van der Waals surface area contributed by atoms with Gasteiger partial charge in [-0.1, -0.05) is 34.8 Å². The average molecular weight is 385 g/mol. The van der Waals surface area contributed by atoms with Crippen LogP contribution in [0.2, 0.25) is 15.2 Å². The molecule has 1 aromatic carbocycles. The van der Waals surface area contributed by atoms with E-state index in [1.807, 2.05) is 12.1 Å². The molecule has 3 rings (SSSR count). The summed E-state index contributed by atoms with van der Waals surface area (Å²) in [6.45, 7) is 1.94. The molecule has 0 saturated carbocycles. The maximum absolute atomic E-state index is 12.5. The summed E-state index contributed by atoms with van der Waals surface area (Å²) in [5, 5.41) is 3.89. The minimum Gasteiger partial charge on any atom is -0.370 e. The van der Waals surface area contributed by atoms with Gasteiger partial charge in [0.25, 0.3) is 5.91 Å². The molecule has 0 aliphatic carbocycles. The first kappa shape index (κ1) is 17.3. The maximum atomic E-state index is 12.5. The quantitative estimate of drug-likeness (QED) is 0.732. The highest BCUT2D eigenvalue weighted by Crippen LogP contribution is 2.31. The number of carbonyl (C=O) groups excluding carboxylic acids is 1. The lowest BCUT2D eigenvalue weighted by molar-refractivity contribution is 0.102. The van der Waals surface area contributed by atoms with Crippen molar-refractivity contribution in [3.8, 4) is 0 Å². The van der Waals surface area contributed by atoms with E-state index in [-0.39, 0.29) is 16.1 Å². The topological polar surface area (TPSA) is 45.2 Å². The number of aromatic nitrogens is 1. The fourth-order valence-corrected chi connectivity index (χ4v) is 3.20. The monoisotopic (exact) mass is 383 g/mol. The van der Waals surface area contributed by atoms with Crippen molar-refractivity contribution in [2.45, 2.75) is 19.3 Å². The summed E-state index contributed by atoms with van der Waals surface area (Å²) in [6.07, 6.45) is 4.93. The van der Waals surface area contributed by atoms with Gasteiger partial charge in [-0.15, -0.1) is 0 Å². The molecule has 1 saturated heterocycles. The Bertz CT molecular complexity index is 761. The van der Waals surface area contributed by atoms with E-state index < -0.39 is 0 Å². The molecule has 1 aromatic heterocycles. The molecule has 4 nitrogen and oxygen atoms in total. The fraction of sp³-hybridized carbons (Fsp3) is 0.294. The minimum absolute atomic E-state index is 0.171. The zero-order valence-electron chi connectivity index (χ0n) is 12.9. The number of nitrogens with one attached hydrogen (secondary N) is 1. The number of hydrogen-bond donors (Lipinski definition) is 1. The number of pyridine rings is 1. The number of anilines is 2. The highest BCUT2D eigenvalue weighted by molar-refractivity contribution is 6.41. The Hall–Kier alpha value is -1.49. The predicted octanol–water partition coefficient (Wildman–Crippen LogP) is 5.28. The van der Waals surface area contributed by atoms with Gasteiger partial charge in [-0.05, 0) is 43.5 Å². The van der Waals surface area contributed by atoms with E-state index in [1.165, 1.54) is 18.7 Å². The number of rotatable bonds is 3. The highest BCUT2D eigenvalue weighted by atomic mass is 35.5. The van der Waals surface area contributed by atoms with E-state index in [2.05, 4.69) is 15.2 Å². The smallest absolute Gasteiger partial charge is 0.257 e. The molecule has 2 aromatic rings. The molecule has 0 radical (unpaired) electrons. The fourth-order valence-electron chi connectivity index (χ4n) is 2.76. The molecule has 1 N–H and O–H groups in total. The highest BCUT2D eigenvalue weighted by Gasteiger charge is 2.17. The van der Waals surface area contributed by atoms with Gasteiger partial charge in [0, 0.05) is 24.3 Å². The van der Waals surface area contributed by atoms with Gasteiger partial charge in [0.1, 0.15) is 5.15 Å². The minimum atomic E-state index is -0.304. The molecule has 0 atom stereocenters. The third-order valence-electron chi connectivity index (χ3n) is 3.96. The average Bonchev–Trinajstić information content (AvgIpc) is 2.58. The van der Waals surface area contributed by atoms with Crippen LogP contribution in [0.3, 0.4) is 0 Å². The molecule has 24 heavy (non-hydrogen) atoms. The second-order valence-electron chi connectivity index (χ2n) is 5.66. The van der Waals surface area contributed by atoms with Crippen LogP contribution < -0.4 is 10.2 Å². The Morgan fingerprint density at radius 1 is 1.08 bits per heavy atom. The van der Waals surface area contributed by atoms with Crippen molar-refractivity contribution in [3.63, 3.8) is 0 Å². The molecule has 1 aliphatic heterocycles. The first-order chi connectivity index (χ1) is 11.5. The summed E-state index contributed by atoms with van der Waals surface area (Å²) in [5.74, 6) is -0.304. The molecule has 7 heteroatoms. The summed E-state index contributed by atoms with van der Waals surface area (Å²) in [7, 11) is 0. The van der Waals surface area contributed by atoms with Crippen molar-refractivity contribution in [2.24, 2.45) is 0 Å². The molecule has 0 bridgehead atoms. The van der Waals surface area contributed by atoms with Gasteiger partial charge >= 0.3 is 0 Å². The van der Waals surface area contributed by atoms with Crippen LogP contribution in [0.5, 0.6) is 0 Å². The number of carbonyl (C=O) groups is 1. The second kappa shape index (κ2) is 7.60. The molecule has 126 valence electrons. The Morgan fingerprint density at radius 2 is 1.83 bits per heavy atom. The molecule has 1 fully saturated rings. The van der Waals surface area contributed by atoms with E-state index in [4.69, 9.17) is 34.8 Å². The van der Waals surface area contributed by atoms with Crippen LogP contribution in [0.25, 0.3) is 0 Å². The lowest BCUT2D eigenvalue weighted by Gasteiger charge is -2.30. The Balaban J connectivity index is 1.86. The van der Waals surface area contributed by atoms with Crippen molar-refractivity contribution in [1.82, 2.24) is 4.98 Å². The largest absolute Gasteiger partial charge is 0.370 e. The number of halogens is 3. The summed E-state index contributed by atoms with van der Waals surface area (Å²) < 4.78 is 0. The molecule has 0 unspecified atom stereocenters.